The van der Waals surface area contributed by atoms with Crippen molar-refractivity contribution in [2.45, 2.75) is 24.4 Å². The van der Waals surface area contributed by atoms with Crippen LogP contribution in [0.15, 0.2) is 77.7 Å². The van der Waals surface area contributed by atoms with Gasteiger partial charge in [-0.15, -0.1) is 0 Å². The zero-order valence-corrected chi connectivity index (χ0v) is 21.9. The number of rotatable bonds is 5. The quantitative estimate of drug-likeness (QED) is 0.471. The molecule has 0 spiro atoms. The predicted octanol–water partition coefficient (Wildman–Crippen LogP) is 4.98. The minimum atomic E-state index is -4.19. The number of halogens is 1. The van der Waals surface area contributed by atoms with E-state index in [-0.39, 0.29) is 11.4 Å². The standard InChI is InChI=1S/C27H29ClN4O3S/c1-20(22-11-7-4-8-12-22)32-27(33)31(19-21-9-5-3-6-10-21)25-18-23(28)17-24(26(25)36(32,34)35)30-15-13-29(2)14-16-30/h3-12,17-18,20H,13-16,19H2,1-2H3/t20-/m0/s1. The average Bonchev–Trinajstić information content (AvgIpc) is 2.87. The molecule has 2 amide bonds. The van der Waals surface area contributed by atoms with Crippen molar-refractivity contribution in [1.29, 1.82) is 0 Å². The number of piperazine rings is 1. The van der Waals surface area contributed by atoms with Crippen molar-refractivity contribution in [3.63, 3.8) is 0 Å². The number of hydrogen-bond donors (Lipinski definition) is 0. The summed E-state index contributed by atoms with van der Waals surface area (Å²) in [6.45, 7) is 4.92. The van der Waals surface area contributed by atoms with Crippen molar-refractivity contribution in [1.82, 2.24) is 9.21 Å². The van der Waals surface area contributed by atoms with Crippen molar-refractivity contribution in [2.75, 3.05) is 43.0 Å². The number of urea groups is 1. The Morgan fingerprint density at radius 2 is 1.47 bits per heavy atom. The highest BCUT2D eigenvalue weighted by Crippen LogP contribution is 2.46. The van der Waals surface area contributed by atoms with Crippen LogP contribution < -0.4 is 9.80 Å². The van der Waals surface area contributed by atoms with Gasteiger partial charge in [0.15, 0.2) is 0 Å². The molecule has 2 aliphatic heterocycles. The van der Waals surface area contributed by atoms with Crippen LogP contribution in [0.25, 0.3) is 0 Å². The number of anilines is 2. The lowest BCUT2D eigenvalue weighted by Gasteiger charge is -2.42. The van der Waals surface area contributed by atoms with Gasteiger partial charge in [-0.1, -0.05) is 72.3 Å². The van der Waals surface area contributed by atoms with E-state index in [1.165, 1.54) is 4.90 Å². The summed E-state index contributed by atoms with van der Waals surface area (Å²) in [4.78, 5) is 19.9. The van der Waals surface area contributed by atoms with E-state index in [4.69, 9.17) is 11.6 Å². The second-order valence-corrected chi connectivity index (χ2v) is 11.5. The number of sulfonamides is 1. The smallest absolute Gasteiger partial charge is 0.339 e. The number of carbonyl (C=O) groups is 1. The third kappa shape index (κ3) is 4.45. The van der Waals surface area contributed by atoms with E-state index in [1.807, 2.05) is 67.7 Å². The number of carbonyl (C=O) groups excluding carboxylic acids is 1. The molecule has 36 heavy (non-hydrogen) atoms. The monoisotopic (exact) mass is 524 g/mol. The van der Waals surface area contributed by atoms with Crippen LogP contribution in [0.4, 0.5) is 16.2 Å². The van der Waals surface area contributed by atoms with Gasteiger partial charge in [0.05, 0.1) is 24.0 Å². The Bertz CT molecular complexity index is 1360. The second-order valence-electron chi connectivity index (χ2n) is 9.31. The summed E-state index contributed by atoms with van der Waals surface area (Å²) in [6, 6.07) is 20.8. The fraction of sp³-hybridized carbons (Fsp3) is 0.296. The van der Waals surface area contributed by atoms with Crippen molar-refractivity contribution >= 4 is 39.0 Å². The summed E-state index contributed by atoms with van der Waals surface area (Å²) in [5, 5.41) is 0.397. The largest absolute Gasteiger partial charge is 0.368 e. The molecule has 2 aliphatic rings. The van der Waals surface area contributed by atoms with Gasteiger partial charge in [0, 0.05) is 31.2 Å². The third-order valence-corrected chi connectivity index (χ3v) is 9.05. The normalized spacial score (nSPS) is 18.8. The Morgan fingerprint density at radius 1 is 0.889 bits per heavy atom. The summed E-state index contributed by atoms with van der Waals surface area (Å²) in [5.41, 5.74) is 2.50. The van der Waals surface area contributed by atoms with E-state index in [0.29, 0.717) is 29.5 Å². The van der Waals surface area contributed by atoms with Gasteiger partial charge in [0.25, 0.3) is 10.0 Å². The van der Waals surface area contributed by atoms with Crippen LogP contribution in [-0.2, 0) is 16.6 Å². The Labute approximate surface area is 217 Å². The Hall–Kier alpha value is -3.07. The lowest BCUT2D eigenvalue weighted by Crippen LogP contribution is -2.52. The fourth-order valence-electron chi connectivity index (χ4n) is 4.89. The van der Waals surface area contributed by atoms with E-state index >= 15 is 0 Å². The third-order valence-electron chi connectivity index (χ3n) is 6.90. The highest BCUT2D eigenvalue weighted by atomic mass is 35.5. The van der Waals surface area contributed by atoms with Gasteiger partial charge in [-0.2, -0.15) is 0 Å². The minimum absolute atomic E-state index is 0.134. The first-order valence-electron chi connectivity index (χ1n) is 12.0. The van der Waals surface area contributed by atoms with Crippen molar-refractivity contribution < 1.29 is 13.2 Å². The lowest BCUT2D eigenvalue weighted by molar-refractivity contribution is 0.218. The molecule has 0 aliphatic carbocycles. The van der Waals surface area contributed by atoms with Crippen LogP contribution in [0.3, 0.4) is 0 Å². The molecule has 1 atom stereocenters. The summed E-state index contributed by atoms with van der Waals surface area (Å²) in [5.74, 6) is 0. The van der Waals surface area contributed by atoms with Gasteiger partial charge in [0.2, 0.25) is 0 Å². The summed E-state index contributed by atoms with van der Waals surface area (Å²) in [6.07, 6.45) is 0. The van der Waals surface area contributed by atoms with Gasteiger partial charge in [-0.3, -0.25) is 4.90 Å². The number of hydrogen-bond acceptors (Lipinski definition) is 5. The first kappa shape index (κ1) is 24.6. The minimum Gasteiger partial charge on any atom is -0.368 e. The van der Waals surface area contributed by atoms with Crippen LogP contribution in [0.1, 0.15) is 24.1 Å². The number of fused-ring (bicyclic) bond motifs is 1. The first-order valence-corrected chi connectivity index (χ1v) is 13.8. The predicted molar refractivity (Wildman–Crippen MR) is 143 cm³/mol. The topological polar surface area (TPSA) is 64.2 Å². The molecule has 7 nitrogen and oxygen atoms in total. The number of amides is 2. The maximum absolute atomic E-state index is 14.3. The first-order chi connectivity index (χ1) is 17.3. The van der Waals surface area contributed by atoms with Crippen LogP contribution >= 0.6 is 11.6 Å². The summed E-state index contributed by atoms with van der Waals surface area (Å²) in [7, 11) is -2.14. The SMILES string of the molecule is C[C@@H](c1ccccc1)N1C(=O)N(Cc2ccccc2)c2cc(Cl)cc(N3CCN(C)CC3)c2S1(=O)=O. The molecule has 1 fully saturated rings. The molecule has 1 saturated heterocycles. The number of nitrogens with zero attached hydrogens (tertiary/aromatic N) is 4. The maximum Gasteiger partial charge on any atom is 0.339 e. The summed E-state index contributed by atoms with van der Waals surface area (Å²) < 4.78 is 29.6. The fourth-order valence-corrected chi connectivity index (χ4v) is 7.03. The van der Waals surface area contributed by atoms with Crippen molar-refractivity contribution in [3.8, 4) is 0 Å². The maximum atomic E-state index is 14.3. The summed E-state index contributed by atoms with van der Waals surface area (Å²) >= 11 is 6.55. The van der Waals surface area contributed by atoms with E-state index < -0.39 is 22.1 Å². The lowest BCUT2D eigenvalue weighted by atomic mass is 10.1. The molecule has 0 radical (unpaired) electrons. The molecule has 5 rings (SSSR count). The van der Waals surface area contributed by atoms with Crippen LogP contribution in [-0.4, -0.2) is 56.9 Å². The van der Waals surface area contributed by atoms with Crippen LogP contribution in [0.5, 0.6) is 0 Å². The van der Waals surface area contributed by atoms with Crippen molar-refractivity contribution in [3.05, 3.63) is 88.9 Å². The Kier molecular flexibility index (Phi) is 6.68. The van der Waals surface area contributed by atoms with Gasteiger partial charge in [0.1, 0.15) is 4.90 Å². The molecule has 0 bridgehead atoms. The zero-order chi connectivity index (χ0) is 25.4. The second kappa shape index (κ2) is 9.76. The molecule has 0 saturated carbocycles. The number of benzene rings is 3. The number of likely N-dealkylation sites (N-methyl/N-ethyl adjacent to an activating group) is 1. The van der Waals surface area contributed by atoms with E-state index in [0.717, 1.165) is 28.5 Å². The Morgan fingerprint density at radius 3 is 2.11 bits per heavy atom. The zero-order valence-electron chi connectivity index (χ0n) is 20.3. The van der Waals surface area contributed by atoms with Gasteiger partial charge in [-0.25, -0.2) is 17.5 Å². The van der Waals surface area contributed by atoms with Crippen LogP contribution in [0, 0.1) is 0 Å². The van der Waals surface area contributed by atoms with Gasteiger partial charge in [-0.05, 0) is 37.2 Å². The highest BCUT2D eigenvalue weighted by molar-refractivity contribution is 7.90. The molecule has 0 N–H and O–H groups in total. The van der Waals surface area contributed by atoms with E-state index in [1.54, 1.807) is 19.1 Å². The molecule has 0 unspecified atom stereocenters. The van der Waals surface area contributed by atoms with Crippen LogP contribution in [0.2, 0.25) is 5.02 Å². The molecule has 188 valence electrons. The van der Waals surface area contributed by atoms with Crippen molar-refractivity contribution in [2.24, 2.45) is 0 Å². The molecule has 2 heterocycles. The van der Waals surface area contributed by atoms with Gasteiger partial charge < -0.3 is 9.80 Å². The molecule has 3 aromatic carbocycles. The molecule has 3 aromatic rings. The molecular weight excluding hydrogens is 496 g/mol. The van der Waals surface area contributed by atoms with E-state index in [2.05, 4.69) is 9.80 Å². The average molecular weight is 525 g/mol. The molecule has 0 aromatic heterocycles. The molecule has 9 heteroatoms. The van der Waals surface area contributed by atoms with Gasteiger partial charge >= 0.3 is 6.03 Å². The highest BCUT2D eigenvalue weighted by Gasteiger charge is 2.46. The van der Waals surface area contributed by atoms with E-state index in [9.17, 15) is 13.2 Å². The Balaban J connectivity index is 1.70. The molecular formula is C27H29ClN4O3S.